The van der Waals surface area contributed by atoms with Crippen molar-refractivity contribution in [1.82, 2.24) is 25.2 Å². The van der Waals surface area contributed by atoms with E-state index < -0.39 is 11.6 Å². The van der Waals surface area contributed by atoms with E-state index in [2.05, 4.69) is 26.2 Å². The van der Waals surface area contributed by atoms with E-state index in [1.807, 2.05) is 0 Å². The molecule has 0 spiro atoms. The van der Waals surface area contributed by atoms with E-state index in [0.29, 0.717) is 49.8 Å². The second kappa shape index (κ2) is 11.7. The number of fused-ring (bicyclic) bond motifs is 6. The zero-order chi connectivity index (χ0) is 32.6. The quantitative estimate of drug-likeness (QED) is 0.296. The standard InChI is InChI=1S/C33H34F2N8O4S/c34-22-10-39-27(24-19(7-36)30(37)48-29(22)24)23-20-11-45-12-21(20)25-28(26(23)35)40-32(41-31(25)43-17-1-2-18(43)9-38-8-17)47-16-33(14-46-15-33)13-42-3-5-44-6-4-42/h10,17-18,38H,1-6,8-9,11-16,37H2. The Bertz CT molecular complexity index is 1980. The van der Waals surface area contributed by atoms with Crippen LogP contribution >= 0.6 is 11.3 Å². The van der Waals surface area contributed by atoms with E-state index >= 15 is 4.39 Å². The number of ether oxygens (including phenoxy) is 4. The first-order chi connectivity index (χ1) is 23.4. The third-order valence-electron chi connectivity index (χ3n) is 10.4. The Balaban J connectivity index is 1.21. The number of aromatic nitrogens is 3. The van der Waals surface area contributed by atoms with Crippen molar-refractivity contribution < 1.29 is 27.7 Å². The van der Waals surface area contributed by atoms with Gasteiger partial charge in [0.25, 0.3) is 0 Å². The summed E-state index contributed by atoms with van der Waals surface area (Å²) in [5.74, 6) is -0.631. The first-order valence-corrected chi connectivity index (χ1v) is 17.2. The average Bonchev–Trinajstić information content (AvgIpc) is 3.76. The number of pyridine rings is 1. The Kier molecular flexibility index (Phi) is 7.37. The Labute approximate surface area is 278 Å². The first-order valence-electron chi connectivity index (χ1n) is 16.3. The summed E-state index contributed by atoms with van der Waals surface area (Å²) >= 11 is 0.949. The molecule has 2 unspecified atom stereocenters. The number of morpholine rings is 1. The molecule has 0 aliphatic carbocycles. The van der Waals surface area contributed by atoms with E-state index in [1.54, 1.807) is 0 Å². The monoisotopic (exact) mass is 676 g/mol. The largest absolute Gasteiger partial charge is 0.463 e. The van der Waals surface area contributed by atoms with Crippen LogP contribution in [0, 0.1) is 28.4 Å². The molecule has 3 N–H and O–H groups in total. The first kappa shape index (κ1) is 30.3. The van der Waals surface area contributed by atoms with Gasteiger partial charge >= 0.3 is 6.01 Å². The third kappa shape index (κ3) is 4.72. The fraction of sp³-hybridized carbons (Fsp3) is 0.515. The second-order valence-electron chi connectivity index (χ2n) is 13.4. The molecule has 2 bridgehead atoms. The molecule has 1 aromatic carbocycles. The van der Waals surface area contributed by atoms with Crippen molar-refractivity contribution >= 4 is 43.1 Å². The van der Waals surface area contributed by atoms with Crippen LogP contribution in [-0.2, 0) is 27.4 Å². The maximum absolute atomic E-state index is 17.4. The fourth-order valence-electron chi connectivity index (χ4n) is 8.06. The number of benzene rings is 1. The van der Waals surface area contributed by atoms with Gasteiger partial charge in [-0.25, -0.2) is 8.78 Å². The molecule has 0 amide bonds. The second-order valence-corrected chi connectivity index (χ2v) is 14.5. The van der Waals surface area contributed by atoms with Gasteiger partial charge in [-0.15, -0.1) is 11.3 Å². The van der Waals surface area contributed by atoms with Gasteiger partial charge in [-0.1, -0.05) is 0 Å². The van der Waals surface area contributed by atoms with Crippen molar-refractivity contribution in [2.75, 3.05) is 76.4 Å². The average molecular weight is 677 g/mol. The SMILES string of the molecule is N#Cc1c(N)sc2c(F)cnc(-c3c4c(c5c(N6C7CCC6CNC7)nc(OCC6(CN7CCOCC7)COC6)nc5c3F)COC4)c12. The predicted octanol–water partition coefficient (Wildman–Crippen LogP) is 3.34. The lowest BCUT2D eigenvalue weighted by molar-refractivity contribution is -0.150. The van der Waals surface area contributed by atoms with Gasteiger partial charge in [0.1, 0.15) is 29.0 Å². The van der Waals surface area contributed by atoms with Gasteiger partial charge < -0.3 is 34.9 Å². The minimum atomic E-state index is -0.644. The van der Waals surface area contributed by atoms with Crippen LogP contribution in [0.15, 0.2) is 6.20 Å². The summed E-state index contributed by atoms with van der Waals surface area (Å²) in [6.45, 7) is 7.22. The molecule has 0 saturated carbocycles. The van der Waals surface area contributed by atoms with E-state index in [-0.39, 0.29) is 74.1 Å². The molecular weight excluding hydrogens is 642 g/mol. The molecule has 15 heteroatoms. The highest BCUT2D eigenvalue weighted by atomic mass is 32.1. The number of nitrogens with zero attached hydrogens (tertiary/aromatic N) is 6. The van der Waals surface area contributed by atoms with Gasteiger partial charge in [0.15, 0.2) is 11.6 Å². The summed E-state index contributed by atoms with van der Waals surface area (Å²) in [6, 6.07) is 2.54. The van der Waals surface area contributed by atoms with Crippen LogP contribution in [0.25, 0.3) is 32.2 Å². The van der Waals surface area contributed by atoms with Crippen LogP contribution in [-0.4, -0.2) is 97.7 Å². The topological polar surface area (TPSA) is 144 Å². The molecule has 9 rings (SSSR count). The Morgan fingerprint density at radius 2 is 1.83 bits per heavy atom. The number of nitriles is 1. The van der Waals surface area contributed by atoms with Gasteiger partial charge in [0, 0.05) is 55.8 Å². The number of rotatable bonds is 7. The molecule has 5 aliphatic heterocycles. The minimum Gasteiger partial charge on any atom is -0.463 e. The van der Waals surface area contributed by atoms with Crippen molar-refractivity contribution in [3.63, 3.8) is 0 Å². The maximum atomic E-state index is 17.4. The van der Waals surface area contributed by atoms with E-state index in [4.69, 9.17) is 34.6 Å². The number of anilines is 2. The maximum Gasteiger partial charge on any atom is 0.319 e. The molecule has 12 nitrogen and oxygen atoms in total. The molecule has 2 atom stereocenters. The van der Waals surface area contributed by atoms with Gasteiger partial charge in [-0.05, 0) is 24.0 Å². The van der Waals surface area contributed by atoms with Crippen molar-refractivity contribution in [2.45, 2.75) is 38.1 Å². The van der Waals surface area contributed by atoms with Crippen LogP contribution in [0.4, 0.5) is 19.6 Å². The van der Waals surface area contributed by atoms with Crippen LogP contribution in [0.2, 0.25) is 0 Å². The fourth-order valence-corrected chi connectivity index (χ4v) is 8.99. The summed E-state index contributed by atoms with van der Waals surface area (Å²) in [5, 5.41) is 14.4. The Morgan fingerprint density at radius 1 is 1.06 bits per heavy atom. The van der Waals surface area contributed by atoms with Crippen molar-refractivity contribution in [1.29, 1.82) is 5.26 Å². The number of thiophene rings is 1. The molecule has 8 heterocycles. The van der Waals surface area contributed by atoms with E-state index in [0.717, 1.165) is 68.7 Å². The molecule has 0 radical (unpaired) electrons. The Hall–Kier alpha value is -3.78. The molecule has 3 aromatic heterocycles. The summed E-state index contributed by atoms with van der Waals surface area (Å²) in [5.41, 5.74) is 7.67. The molecule has 250 valence electrons. The molecule has 5 aliphatic rings. The predicted molar refractivity (Wildman–Crippen MR) is 174 cm³/mol. The summed E-state index contributed by atoms with van der Waals surface area (Å²) in [6.07, 6.45) is 3.03. The minimum absolute atomic E-state index is 0.0715. The highest BCUT2D eigenvalue weighted by Crippen LogP contribution is 2.48. The molecule has 48 heavy (non-hydrogen) atoms. The van der Waals surface area contributed by atoms with Crippen LogP contribution in [0.1, 0.15) is 29.5 Å². The van der Waals surface area contributed by atoms with Crippen molar-refractivity contribution in [2.24, 2.45) is 5.41 Å². The lowest BCUT2D eigenvalue weighted by atomic mass is 9.86. The molecule has 4 fully saturated rings. The summed E-state index contributed by atoms with van der Waals surface area (Å²) < 4.78 is 56.1. The highest BCUT2D eigenvalue weighted by Gasteiger charge is 2.43. The molecule has 4 aromatic rings. The zero-order valence-corrected chi connectivity index (χ0v) is 27.0. The number of nitrogens with two attached hydrogens (primary N) is 1. The van der Waals surface area contributed by atoms with Crippen molar-refractivity contribution in [3.8, 4) is 23.3 Å². The van der Waals surface area contributed by atoms with Crippen molar-refractivity contribution in [3.05, 3.63) is 34.5 Å². The summed E-state index contributed by atoms with van der Waals surface area (Å²) in [4.78, 5) is 18.8. The highest BCUT2D eigenvalue weighted by molar-refractivity contribution is 7.23. The number of nitrogen functional groups attached to an aromatic ring is 1. The smallest absolute Gasteiger partial charge is 0.319 e. The Morgan fingerprint density at radius 3 is 2.56 bits per heavy atom. The third-order valence-corrected chi connectivity index (χ3v) is 11.4. The molecule has 4 saturated heterocycles. The number of nitrogens with one attached hydrogen (secondary N) is 1. The lowest BCUT2D eigenvalue weighted by Crippen LogP contribution is -2.56. The number of hydrogen-bond acceptors (Lipinski definition) is 13. The number of halogens is 2. The number of piperazine rings is 1. The molecular formula is C33H34F2N8O4S. The van der Waals surface area contributed by atoms with E-state index in [1.165, 1.54) is 0 Å². The summed E-state index contributed by atoms with van der Waals surface area (Å²) in [7, 11) is 0. The van der Waals surface area contributed by atoms with E-state index in [9.17, 15) is 9.65 Å². The number of hydrogen-bond donors (Lipinski definition) is 2. The zero-order valence-electron chi connectivity index (χ0n) is 26.2. The lowest BCUT2D eigenvalue weighted by Gasteiger charge is -2.44. The normalized spacial score (nSPS) is 23.4. The van der Waals surface area contributed by atoms with Gasteiger partial charge in [0.2, 0.25) is 0 Å². The van der Waals surface area contributed by atoms with Gasteiger partial charge in [-0.2, -0.15) is 15.2 Å². The van der Waals surface area contributed by atoms with Gasteiger partial charge in [0.05, 0.1) is 72.6 Å². The van der Waals surface area contributed by atoms with Crippen LogP contribution in [0.5, 0.6) is 6.01 Å². The van der Waals surface area contributed by atoms with Gasteiger partial charge in [-0.3, -0.25) is 9.88 Å². The van der Waals surface area contributed by atoms with Crippen LogP contribution < -0.4 is 20.7 Å². The van der Waals surface area contributed by atoms with Crippen LogP contribution in [0.3, 0.4) is 0 Å².